The molecule has 2 aliphatic rings. The summed E-state index contributed by atoms with van der Waals surface area (Å²) in [5.41, 5.74) is -3.56. The van der Waals surface area contributed by atoms with Gasteiger partial charge in [-0.3, -0.25) is 4.79 Å². The molecule has 35 heavy (non-hydrogen) atoms. The minimum Gasteiger partial charge on any atom is -0.422 e. The zero-order valence-electron chi connectivity index (χ0n) is 17.9. The third-order valence-electron chi connectivity index (χ3n) is 6.10. The van der Waals surface area contributed by atoms with E-state index in [1.807, 2.05) is 0 Å². The van der Waals surface area contributed by atoms with Crippen molar-refractivity contribution in [2.45, 2.75) is 31.0 Å². The second-order valence-electron chi connectivity index (χ2n) is 8.60. The number of hydrogen-bond donors (Lipinski definition) is 1. The molecule has 0 radical (unpaired) electrons. The molecule has 1 aliphatic heterocycles. The Labute approximate surface area is 206 Å². The van der Waals surface area contributed by atoms with Gasteiger partial charge in [0, 0.05) is 45.6 Å². The van der Waals surface area contributed by atoms with Crippen LogP contribution in [0.15, 0.2) is 56.8 Å². The molecule has 1 amide bonds. The molecule has 11 heteroatoms. The van der Waals surface area contributed by atoms with Gasteiger partial charge in [-0.05, 0) is 49.1 Å². The van der Waals surface area contributed by atoms with Crippen LogP contribution in [0.2, 0.25) is 10.0 Å². The number of benzene rings is 2. The molecular weight excluding hydrogens is 508 g/mol. The van der Waals surface area contributed by atoms with Crippen LogP contribution in [0.1, 0.15) is 40.7 Å². The summed E-state index contributed by atoms with van der Waals surface area (Å²) in [6.45, 7) is 0.496. The molecule has 1 fully saturated rings. The molecule has 1 aliphatic carbocycles. The fourth-order valence-electron chi connectivity index (χ4n) is 4.08. The highest BCUT2D eigenvalue weighted by atomic mass is 35.5. The van der Waals surface area contributed by atoms with Crippen LogP contribution in [0.5, 0.6) is 0 Å². The van der Waals surface area contributed by atoms with Crippen LogP contribution in [0.4, 0.5) is 13.2 Å². The zero-order valence-corrected chi connectivity index (χ0v) is 19.4. The highest BCUT2D eigenvalue weighted by Gasteiger charge is 2.62. The number of amides is 1. The van der Waals surface area contributed by atoms with Gasteiger partial charge in [-0.2, -0.15) is 13.2 Å². The summed E-state index contributed by atoms with van der Waals surface area (Å²) in [6.07, 6.45) is -3.48. The summed E-state index contributed by atoms with van der Waals surface area (Å²) >= 11 is 11.9. The third-order valence-corrected chi connectivity index (χ3v) is 6.54. The van der Waals surface area contributed by atoms with Crippen molar-refractivity contribution in [1.82, 2.24) is 5.32 Å². The first kappa shape index (κ1) is 23.7. The van der Waals surface area contributed by atoms with E-state index in [1.165, 1.54) is 24.3 Å². The zero-order chi connectivity index (χ0) is 25.0. The molecule has 6 nitrogen and oxygen atoms in total. The molecule has 182 valence electrons. The van der Waals surface area contributed by atoms with E-state index in [0.29, 0.717) is 12.5 Å². The van der Waals surface area contributed by atoms with Crippen LogP contribution in [-0.2, 0) is 10.4 Å². The highest BCUT2D eigenvalue weighted by Crippen LogP contribution is 2.50. The van der Waals surface area contributed by atoms with E-state index in [-0.39, 0.29) is 43.4 Å². The number of alkyl halides is 3. The average molecular weight is 525 g/mol. The minimum absolute atomic E-state index is 0.0157. The Morgan fingerprint density at radius 2 is 1.83 bits per heavy atom. The summed E-state index contributed by atoms with van der Waals surface area (Å²) in [6, 6.07) is 8.95. The van der Waals surface area contributed by atoms with Crippen molar-refractivity contribution in [3.05, 3.63) is 79.6 Å². The Morgan fingerprint density at radius 1 is 1.11 bits per heavy atom. The van der Waals surface area contributed by atoms with Gasteiger partial charge < -0.3 is 14.6 Å². The van der Waals surface area contributed by atoms with E-state index in [0.717, 1.165) is 31.0 Å². The van der Waals surface area contributed by atoms with Crippen LogP contribution in [0.3, 0.4) is 0 Å². The van der Waals surface area contributed by atoms with Gasteiger partial charge in [-0.1, -0.05) is 34.4 Å². The first-order chi connectivity index (χ1) is 16.6. The van der Waals surface area contributed by atoms with Gasteiger partial charge in [0.15, 0.2) is 5.58 Å². The van der Waals surface area contributed by atoms with Crippen molar-refractivity contribution in [3.8, 4) is 0 Å². The molecule has 1 N–H and O–H groups in total. The van der Waals surface area contributed by atoms with Crippen molar-refractivity contribution in [1.29, 1.82) is 0 Å². The van der Waals surface area contributed by atoms with E-state index < -0.39 is 29.7 Å². The Bertz CT molecular complexity index is 1410. The lowest BCUT2D eigenvalue weighted by atomic mass is 9.85. The number of hydrogen-bond acceptors (Lipinski definition) is 5. The van der Waals surface area contributed by atoms with Crippen molar-refractivity contribution in [3.63, 3.8) is 0 Å². The van der Waals surface area contributed by atoms with Crippen molar-refractivity contribution >= 4 is 45.8 Å². The van der Waals surface area contributed by atoms with Crippen molar-refractivity contribution in [2.75, 3.05) is 6.54 Å². The van der Waals surface area contributed by atoms with Gasteiger partial charge in [0.1, 0.15) is 0 Å². The van der Waals surface area contributed by atoms with E-state index in [9.17, 15) is 22.8 Å². The number of nitrogens with zero attached hydrogens (tertiary/aromatic N) is 1. The topological polar surface area (TPSA) is 80.9 Å². The minimum atomic E-state index is -4.86. The number of halogens is 5. The van der Waals surface area contributed by atoms with Crippen LogP contribution in [0.25, 0.3) is 11.0 Å². The van der Waals surface area contributed by atoms with E-state index in [1.54, 1.807) is 0 Å². The van der Waals surface area contributed by atoms with Gasteiger partial charge in [-0.15, -0.1) is 0 Å². The fourth-order valence-corrected chi connectivity index (χ4v) is 4.61. The van der Waals surface area contributed by atoms with Gasteiger partial charge in [0.2, 0.25) is 0 Å². The Balaban J connectivity index is 1.56. The van der Waals surface area contributed by atoms with E-state index >= 15 is 0 Å². The summed E-state index contributed by atoms with van der Waals surface area (Å²) in [5, 5.41) is 6.85. The first-order valence-electron chi connectivity index (χ1n) is 10.7. The van der Waals surface area contributed by atoms with Crippen LogP contribution in [-0.4, -0.2) is 24.3 Å². The molecule has 1 saturated carbocycles. The lowest BCUT2D eigenvalue weighted by Gasteiger charge is -2.29. The standard InChI is InChI=1S/C24H17Cl2F3N2O4/c25-14-7-13(8-15(26)9-14)23(24(27,28)29)10-19(31-35-23)16-3-4-18(22(33)30-11-12-1-2-12)21-17(16)5-6-20(32)34-21/h3-9,12H,1-2,10-11H2,(H,30,33). The molecule has 0 saturated heterocycles. The van der Waals surface area contributed by atoms with E-state index in [2.05, 4.69) is 10.5 Å². The smallest absolute Gasteiger partial charge is 0.422 e. The van der Waals surface area contributed by atoms with Crippen LogP contribution >= 0.6 is 23.2 Å². The maximum atomic E-state index is 14.3. The van der Waals surface area contributed by atoms with Crippen LogP contribution in [0, 0.1) is 5.92 Å². The lowest BCUT2D eigenvalue weighted by molar-refractivity contribution is -0.275. The number of nitrogens with one attached hydrogen (secondary N) is 1. The van der Waals surface area contributed by atoms with Gasteiger partial charge in [-0.25, -0.2) is 4.79 Å². The number of fused-ring (bicyclic) bond motifs is 1. The molecule has 0 spiro atoms. The average Bonchev–Trinajstić information content (AvgIpc) is 3.50. The monoisotopic (exact) mass is 524 g/mol. The molecule has 1 aromatic heterocycles. The largest absolute Gasteiger partial charge is 0.435 e. The van der Waals surface area contributed by atoms with Gasteiger partial charge in [0.05, 0.1) is 11.3 Å². The summed E-state index contributed by atoms with van der Waals surface area (Å²) in [5.74, 6) is -0.0115. The molecule has 1 atom stereocenters. The predicted octanol–water partition coefficient (Wildman–Crippen LogP) is 5.82. The molecule has 3 aromatic rings. The Hall–Kier alpha value is -3.04. The number of carbonyl (C=O) groups excluding carboxylic acids is 1. The van der Waals surface area contributed by atoms with Crippen molar-refractivity contribution in [2.24, 2.45) is 11.1 Å². The number of oxime groups is 1. The van der Waals surface area contributed by atoms with Gasteiger partial charge in [0.25, 0.3) is 11.5 Å². The number of carbonyl (C=O) groups is 1. The molecule has 5 rings (SSSR count). The summed E-state index contributed by atoms with van der Waals surface area (Å²) in [7, 11) is 0. The maximum Gasteiger partial charge on any atom is 0.435 e. The fraction of sp³-hybridized carbons (Fsp3) is 0.292. The SMILES string of the molecule is O=C(NCC1CC1)c1ccc(C2=NOC(c3cc(Cl)cc(Cl)c3)(C(F)(F)F)C2)c2ccc(=O)oc12. The quantitative estimate of drug-likeness (QED) is 0.426. The molecule has 2 heterocycles. The van der Waals surface area contributed by atoms with E-state index in [4.69, 9.17) is 32.5 Å². The molecule has 1 unspecified atom stereocenters. The maximum absolute atomic E-state index is 14.3. The van der Waals surface area contributed by atoms with Gasteiger partial charge >= 0.3 is 11.8 Å². The Kier molecular flexibility index (Phi) is 5.80. The Morgan fingerprint density at radius 3 is 2.49 bits per heavy atom. The second-order valence-corrected chi connectivity index (χ2v) is 9.47. The number of rotatable bonds is 5. The predicted molar refractivity (Wildman–Crippen MR) is 124 cm³/mol. The molecular formula is C24H17Cl2F3N2O4. The lowest BCUT2D eigenvalue weighted by Crippen LogP contribution is -2.42. The second kappa shape index (κ2) is 8.57. The summed E-state index contributed by atoms with van der Waals surface area (Å²) in [4.78, 5) is 29.7. The normalized spacial score (nSPS) is 20.0. The van der Waals surface area contributed by atoms with Crippen LogP contribution < -0.4 is 10.9 Å². The summed E-state index contributed by atoms with van der Waals surface area (Å²) < 4.78 is 48.3. The molecule has 0 bridgehead atoms. The first-order valence-corrected chi connectivity index (χ1v) is 11.5. The van der Waals surface area contributed by atoms with Crippen molar-refractivity contribution < 1.29 is 27.2 Å². The third kappa shape index (κ3) is 4.38. The highest BCUT2D eigenvalue weighted by molar-refractivity contribution is 6.34. The molecule has 2 aromatic carbocycles.